The summed E-state index contributed by atoms with van der Waals surface area (Å²) in [5.74, 6) is -2.14. The van der Waals surface area contributed by atoms with Crippen LogP contribution in [0.3, 0.4) is 0 Å². The summed E-state index contributed by atoms with van der Waals surface area (Å²) in [6.45, 7) is 4.02. The summed E-state index contributed by atoms with van der Waals surface area (Å²) in [7, 11) is 0. The third-order valence-electron chi connectivity index (χ3n) is 4.83. The number of hydrogen-bond donors (Lipinski definition) is 0. The van der Waals surface area contributed by atoms with Crippen LogP contribution < -0.4 is 4.74 Å². The molecule has 0 bridgehead atoms. The van der Waals surface area contributed by atoms with Gasteiger partial charge < -0.3 is 14.2 Å². The molecule has 29 heavy (non-hydrogen) atoms. The van der Waals surface area contributed by atoms with E-state index in [4.69, 9.17) is 14.2 Å². The van der Waals surface area contributed by atoms with Crippen molar-refractivity contribution >= 4 is 28.8 Å². The smallest absolute Gasteiger partial charge is 0.349 e. The minimum atomic E-state index is -1.45. The molecule has 3 aromatic rings. The van der Waals surface area contributed by atoms with Crippen molar-refractivity contribution in [1.29, 1.82) is 0 Å². The summed E-state index contributed by atoms with van der Waals surface area (Å²) in [4.78, 5) is 25.4. The normalized spacial score (nSPS) is 18.9. The van der Waals surface area contributed by atoms with E-state index in [1.54, 1.807) is 31.2 Å². The van der Waals surface area contributed by atoms with Gasteiger partial charge in [0.05, 0.1) is 6.61 Å². The number of cyclic esters (lactones) is 2. The molecule has 0 aliphatic carbocycles. The number of benzene rings is 3. The van der Waals surface area contributed by atoms with Gasteiger partial charge in [-0.25, -0.2) is 9.59 Å². The van der Waals surface area contributed by atoms with E-state index >= 15 is 0 Å². The average Bonchev–Trinajstić information content (AvgIpc) is 2.73. The molecule has 0 unspecified atom stereocenters. The van der Waals surface area contributed by atoms with Crippen LogP contribution in [0.4, 0.5) is 0 Å². The molecule has 5 heteroatoms. The molecule has 1 aliphatic heterocycles. The Morgan fingerprint density at radius 1 is 0.862 bits per heavy atom. The first-order chi connectivity index (χ1) is 14.0. The molecule has 0 N–H and O–H groups in total. The van der Waals surface area contributed by atoms with Crippen LogP contribution in [0.5, 0.6) is 5.75 Å². The lowest BCUT2D eigenvalue weighted by Gasteiger charge is -2.33. The predicted octanol–water partition coefficient (Wildman–Crippen LogP) is 4.59. The number of rotatable bonds is 4. The molecule has 0 spiro atoms. The average molecular weight is 388 g/mol. The number of fused-ring (bicyclic) bond motifs is 1. The quantitative estimate of drug-likeness (QED) is 0.371. The number of ether oxygens (including phenoxy) is 3. The van der Waals surface area contributed by atoms with E-state index in [9.17, 15) is 9.59 Å². The van der Waals surface area contributed by atoms with Crippen LogP contribution in [-0.2, 0) is 24.8 Å². The van der Waals surface area contributed by atoms with Crippen molar-refractivity contribution in [2.45, 2.75) is 19.6 Å². The molecule has 1 heterocycles. The highest BCUT2D eigenvalue weighted by atomic mass is 16.7. The number of carbonyl (C=O) groups is 2. The van der Waals surface area contributed by atoms with Gasteiger partial charge in [-0.15, -0.1) is 0 Å². The second-order valence-electron chi connectivity index (χ2n) is 6.78. The topological polar surface area (TPSA) is 61.8 Å². The van der Waals surface area contributed by atoms with E-state index in [1.165, 1.54) is 6.08 Å². The molecule has 0 radical (unpaired) electrons. The Balaban J connectivity index is 1.72. The summed E-state index contributed by atoms with van der Waals surface area (Å²) in [5, 5.41) is 1.76. The minimum absolute atomic E-state index is 0.146. The first kappa shape index (κ1) is 18.7. The van der Waals surface area contributed by atoms with Gasteiger partial charge >= 0.3 is 11.9 Å². The van der Waals surface area contributed by atoms with Gasteiger partial charge in [-0.3, -0.25) is 0 Å². The van der Waals surface area contributed by atoms with Crippen molar-refractivity contribution in [1.82, 2.24) is 0 Å². The van der Waals surface area contributed by atoms with Crippen molar-refractivity contribution in [3.8, 4) is 5.75 Å². The van der Waals surface area contributed by atoms with E-state index < -0.39 is 17.7 Å². The minimum Gasteiger partial charge on any atom is -0.493 e. The fourth-order valence-corrected chi connectivity index (χ4v) is 3.40. The zero-order chi connectivity index (χ0) is 20.4. The van der Waals surface area contributed by atoms with Crippen LogP contribution in [0.2, 0.25) is 0 Å². The maximum Gasteiger partial charge on any atom is 0.349 e. The zero-order valence-electron chi connectivity index (χ0n) is 16.2. The summed E-state index contributed by atoms with van der Waals surface area (Å²) in [5.41, 5.74) is 1.15. The third kappa shape index (κ3) is 3.47. The van der Waals surface area contributed by atoms with Crippen molar-refractivity contribution in [2.75, 3.05) is 6.61 Å². The molecular weight excluding hydrogens is 368 g/mol. The van der Waals surface area contributed by atoms with Crippen LogP contribution in [0.1, 0.15) is 25.0 Å². The van der Waals surface area contributed by atoms with Gasteiger partial charge in [0.25, 0.3) is 5.79 Å². The summed E-state index contributed by atoms with van der Waals surface area (Å²) in [6.07, 6.45) is 1.51. The van der Waals surface area contributed by atoms with Crippen molar-refractivity contribution in [3.05, 3.63) is 83.4 Å². The molecule has 1 fully saturated rings. The Morgan fingerprint density at radius 2 is 1.48 bits per heavy atom. The third-order valence-corrected chi connectivity index (χ3v) is 4.83. The van der Waals surface area contributed by atoms with Gasteiger partial charge in [-0.05, 0) is 30.0 Å². The number of carbonyl (C=O) groups excluding carboxylic acids is 2. The Bertz CT molecular complexity index is 1090. The van der Waals surface area contributed by atoms with E-state index in [0.717, 1.165) is 16.5 Å². The second-order valence-corrected chi connectivity index (χ2v) is 6.78. The first-order valence-electron chi connectivity index (χ1n) is 9.40. The molecule has 0 atom stereocenters. The van der Waals surface area contributed by atoms with E-state index in [1.807, 2.05) is 49.4 Å². The summed E-state index contributed by atoms with van der Waals surface area (Å²) < 4.78 is 16.7. The van der Waals surface area contributed by atoms with Crippen molar-refractivity contribution in [3.63, 3.8) is 0 Å². The maximum absolute atomic E-state index is 12.7. The highest BCUT2D eigenvalue weighted by Crippen LogP contribution is 2.35. The molecule has 1 aliphatic rings. The van der Waals surface area contributed by atoms with E-state index in [-0.39, 0.29) is 5.57 Å². The number of esters is 2. The largest absolute Gasteiger partial charge is 0.493 e. The van der Waals surface area contributed by atoms with Gasteiger partial charge in [-0.2, -0.15) is 0 Å². The molecule has 0 amide bonds. The van der Waals surface area contributed by atoms with Gasteiger partial charge in [0.2, 0.25) is 0 Å². The van der Waals surface area contributed by atoms with E-state index in [2.05, 4.69) is 0 Å². The molecule has 5 nitrogen and oxygen atoms in total. The molecule has 3 aromatic carbocycles. The monoisotopic (exact) mass is 388 g/mol. The summed E-state index contributed by atoms with van der Waals surface area (Å²) in [6, 6.07) is 20.2. The Labute approximate surface area is 168 Å². The van der Waals surface area contributed by atoms with Crippen LogP contribution in [0.25, 0.3) is 16.8 Å². The lowest BCUT2D eigenvalue weighted by atomic mass is 10.0. The van der Waals surface area contributed by atoms with Crippen LogP contribution in [-0.4, -0.2) is 18.5 Å². The maximum atomic E-state index is 12.7. The second kappa shape index (κ2) is 7.43. The molecule has 0 aromatic heterocycles. The summed E-state index contributed by atoms with van der Waals surface area (Å²) >= 11 is 0. The fourth-order valence-electron chi connectivity index (χ4n) is 3.40. The van der Waals surface area contributed by atoms with Crippen LogP contribution in [0, 0.1) is 0 Å². The lowest BCUT2D eigenvalue weighted by molar-refractivity contribution is -0.233. The highest BCUT2D eigenvalue weighted by molar-refractivity contribution is 6.19. The van der Waals surface area contributed by atoms with Crippen molar-refractivity contribution < 1.29 is 23.8 Å². The SMILES string of the molecule is CCOc1ccc(C=C2C(=O)OC(C)(c3ccccc3)OC2=O)c2ccccc12. The van der Waals surface area contributed by atoms with Gasteiger partial charge in [0.1, 0.15) is 11.3 Å². The molecule has 146 valence electrons. The highest BCUT2D eigenvalue weighted by Gasteiger charge is 2.43. The Kier molecular flexibility index (Phi) is 4.80. The van der Waals surface area contributed by atoms with E-state index in [0.29, 0.717) is 17.7 Å². The zero-order valence-corrected chi connectivity index (χ0v) is 16.2. The van der Waals surface area contributed by atoms with Gasteiger partial charge in [0.15, 0.2) is 0 Å². The fraction of sp³-hybridized carbons (Fsp3) is 0.167. The van der Waals surface area contributed by atoms with Crippen molar-refractivity contribution in [2.24, 2.45) is 0 Å². The standard InChI is InChI=1S/C24H20O5/c1-3-27-21-14-13-16(18-11-7-8-12-19(18)21)15-20-22(25)28-24(2,29-23(20)26)17-9-5-4-6-10-17/h4-15H,3H2,1-2H3. The van der Waals surface area contributed by atoms with Crippen LogP contribution >= 0.6 is 0 Å². The Hall–Kier alpha value is -3.60. The predicted molar refractivity (Wildman–Crippen MR) is 109 cm³/mol. The molecule has 1 saturated heterocycles. The van der Waals surface area contributed by atoms with Gasteiger partial charge in [-0.1, -0.05) is 60.7 Å². The first-order valence-corrected chi connectivity index (χ1v) is 9.40. The Morgan fingerprint density at radius 3 is 2.14 bits per heavy atom. The molecule has 4 rings (SSSR count). The molecule has 0 saturated carbocycles. The van der Waals surface area contributed by atoms with Gasteiger partial charge in [0, 0.05) is 17.9 Å². The molecular formula is C24H20O5. The number of hydrogen-bond acceptors (Lipinski definition) is 5. The van der Waals surface area contributed by atoms with Crippen LogP contribution in [0.15, 0.2) is 72.3 Å². The lowest BCUT2D eigenvalue weighted by Crippen LogP contribution is -2.42.